The zero-order chi connectivity index (χ0) is 11.3. The summed E-state index contributed by atoms with van der Waals surface area (Å²) in [4.78, 5) is 11.4. The van der Waals surface area contributed by atoms with Crippen molar-refractivity contribution in [3.05, 3.63) is 27.1 Å². The fourth-order valence-corrected chi connectivity index (χ4v) is 2.19. The number of carbonyl (C=O) groups is 1. The van der Waals surface area contributed by atoms with Crippen LogP contribution in [0, 0.1) is 0 Å². The van der Waals surface area contributed by atoms with Crippen molar-refractivity contribution >= 4 is 43.5 Å². The van der Waals surface area contributed by atoms with Crippen LogP contribution in [0.25, 0.3) is 0 Å². The molecule has 0 heterocycles. The summed E-state index contributed by atoms with van der Waals surface area (Å²) in [5, 5.41) is 5.75. The zero-order valence-corrected chi connectivity index (χ0v) is 11.5. The predicted octanol–water partition coefficient (Wildman–Crippen LogP) is 2.76. The van der Waals surface area contributed by atoms with Crippen LogP contribution in [0.2, 0.25) is 0 Å². The molecule has 0 unspecified atom stereocenters. The van der Waals surface area contributed by atoms with Gasteiger partial charge in [0.2, 0.25) is 5.91 Å². The Morgan fingerprint density at radius 3 is 2.73 bits per heavy atom. The van der Waals surface area contributed by atoms with Gasteiger partial charge >= 0.3 is 0 Å². The molecule has 1 rings (SSSR count). The van der Waals surface area contributed by atoms with Crippen LogP contribution in [-0.4, -0.2) is 19.5 Å². The van der Waals surface area contributed by atoms with Crippen molar-refractivity contribution in [1.82, 2.24) is 5.32 Å². The van der Waals surface area contributed by atoms with Gasteiger partial charge in [-0.1, -0.05) is 15.9 Å². The first-order valence-electron chi connectivity index (χ1n) is 4.53. The van der Waals surface area contributed by atoms with Crippen LogP contribution >= 0.6 is 31.9 Å². The molecule has 82 valence electrons. The van der Waals surface area contributed by atoms with E-state index in [-0.39, 0.29) is 5.91 Å². The van der Waals surface area contributed by atoms with Gasteiger partial charge in [-0.2, -0.15) is 0 Å². The first kappa shape index (κ1) is 12.7. The summed E-state index contributed by atoms with van der Waals surface area (Å²) in [6.07, 6.45) is 0.471. The summed E-state index contributed by atoms with van der Waals surface area (Å²) in [6, 6.07) is 5.64. The largest absolute Gasteiger partial charge is 0.325 e. The van der Waals surface area contributed by atoms with Crippen molar-refractivity contribution in [1.29, 1.82) is 0 Å². The van der Waals surface area contributed by atoms with E-state index in [9.17, 15) is 4.79 Å². The van der Waals surface area contributed by atoms with Crippen molar-refractivity contribution < 1.29 is 4.79 Å². The Morgan fingerprint density at radius 1 is 1.40 bits per heavy atom. The molecule has 5 heteroatoms. The minimum atomic E-state index is 0.00683. The summed E-state index contributed by atoms with van der Waals surface area (Å²) in [5.41, 5.74) is 0.791. The number of hydrogen-bond donors (Lipinski definition) is 2. The summed E-state index contributed by atoms with van der Waals surface area (Å²) < 4.78 is 1.84. The molecule has 0 aliphatic heterocycles. The highest BCUT2D eigenvalue weighted by atomic mass is 79.9. The lowest BCUT2D eigenvalue weighted by atomic mass is 10.3. The zero-order valence-electron chi connectivity index (χ0n) is 8.31. The van der Waals surface area contributed by atoms with Crippen LogP contribution in [0.1, 0.15) is 6.42 Å². The number of anilines is 1. The summed E-state index contributed by atoms with van der Waals surface area (Å²) in [7, 11) is 1.82. The van der Waals surface area contributed by atoms with Crippen LogP contribution in [0.4, 0.5) is 5.69 Å². The van der Waals surface area contributed by atoms with Gasteiger partial charge in [0.1, 0.15) is 0 Å². The third-order valence-electron chi connectivity index (χ3n) is 1.81. The Hall–Kier alpha value is -0.390. The highest BCUT2D eigenvalue weighted by Gasteiger charge is 2.04. The number of amides is 1. The Bertz CT molecular complexity index is 355. The summed E-state index contributed by atoms with van der Waals surface area (Å²) in [6.45, 7) is 0.681. The maximum Gasteiger partial charge on any atom is 0.225 e. The molecule has 15 heavy (non-hydrogen) atoms. The van der Waals surface area contributed by atoms with Gasteiger partial charge in [-0.15, -0.1) is 0 Å². The minimum absolute atomic E-state index is 0.00683. The number of hydrogen-bond acceptors (Lipinski definition) is 2. The lowest BCUT2D eigenvalue weighted by molar-refractivity contribution is -0.116. The molecule has 0 saturated heterocycles. The lowest BCUT2D eigenvalue weighted by Crippen LogP contribution is -2.18. The molecule has 0 aliphatic carbocycles. The van der Waals surface area contributed by atoms with Gasteiger partial charge in [-0.3, -0.25) is 4.79 Å². The monoisotopic (exact) mass is 334 g/mol. The first-order valence-corrected chi connectivity index (χ1v) is 6.11. The van der Waals surface area contributed by atoms with Crippen LogP contribution in [0.5, 0.6) is 0 Å². The van der Waals surface area contributed by atoms with Crippen molar-refractivity contribution in [2.75, 3.05) is 18.9 Å². The summed E-state index contributed by atoms with van der Waals surface area (Å²) >= 11 is 6.74. The van der Waals surface area contributed by atoms with E-state index in [1.54, 1.807) is 0 Å². The van der Waals surface area contributed by atoms with Crippen LogP contribution in [0.3, 0.4) is 0 Å². The maximum atomic E-state index is 11.4. The number of carbonyl (C=O) groups excluding carboxylic acids is 1. The van der Waals surface area contributed by atoms with Crippen molar-refractivity contribution in [3.63, 3.8) is 0 Å². The van der Waals surface area contributed by atoms with Gasteiger partial charge in [-0.25, -0.2) is 0 Å². The van der Waals surface area contributed by atoms with Crippen LogP contribution in [0.15, 0.2) is 27.1 Å². The molecular formula is C10H12Br2N2O. The fraction of sp³-hybridized carbons (Fsp3) is 0.300. The third-order valence-corrected chi connectivity index (χ3v) is 2.96. The van der Waals surface area contributed by atoms with E-state index in [0.29, 0.717) is 13.0 Å². The van der Waals surface area contributed by atoms with E-state index in [0.717, 1.165) is 14.6 Å². The smallest absolute Gasteiger partial charge is 0.225 e. The van der Waals surface area contributed by atoms with Gasteiger partial charge in [0.15, 0.2) is 0 Å². The topological polar surface area (TPSA) is 41.1 Å². The third kappa shape index (κ3) is 4.32. The number of benzene rings is 1. The normalized spacial score (nSPS) is 10.1. The van der Waals surface area contributed by atoms with Crippen molar-refractivity contribution in [3.8, 4) is 0 Å². The Kier molecular flexibility index (Phi) is 5.28. The molecule has 0 aliphatic rings. The second-order valence-electron chi connectivity index (χ2n) is 3.03. The molecular weight excluding hydrogens is 324 g/mol. The quantitative estimate of drug-likeness (QED) is 0.888. The van der Waals surface area contributed by atoms with Crippen molar-refractivity contribution in [2.24, 2.45) is 0 Å². The van der Waals surface area contributed by atoms with E-state index in [1.807, 2.05) is 25.2 Å². The SMILES string of the molecule is CNCCC(=O)Nc1ccc(Br)cc1Br. The number of halogens is 2. The Morgan fingerprint density at radius 2 is 2.13 bits per heavy atom. The molecule has 0 saturated carbocycles. The van der Waals surface area contributed by atoms with Crippen molar-refractivity contribution in [2.45, 2.75) is 6.42 Å². The molecule has 1 amide bonds. The summed E-state index contributed by atoms with van der Waals surface area (Å²) in [5.74, 6) is 0.00683. The van der Waals surface area contributed by atoms with E-state index < -0.39 is 0 Å². The molecule has 0 spiro atoms. The molecule has 1 aromatic carbocycles. The van der Waals surface area contributed by atoms with Crippen LogP contribution < -0.4 is 10.6 Å². The standard InChI is InChI=1S/C10H12Br2N2O/c1-13-5-4-10(15)14-9-3-2-7(11)6-8(9)12/h2-3,6,13H,4-5H2,1H3,(H,14,15). The van der Waals surface area contributed by atoms with Gasteiger partial charge in [0.25, 0.3) is 0 Å². The molecule has 0 aromatic heterocycles. The molecule has 0 atom stereocenters. The highest BCUT2D eigenvalue weighted by molar-refractivity contribution is 9.11. The molecule has 0 bridgehead atoms. The van der Waals surface area contributed by atoms with Gasteiger partial charge in [-0.05, 0) is 41.2 Å². The second kappa shape index (κ2) is 6.25. The van der Waals surface area contributed by atoms with Crippen LogP contribution in [-0.2, 0) is 4.79 Å². The maximum absolute atomic E-state index is 11.4. The van der Waals surface area contributed by atoms with Gasteiger partial charge in [0.05, 0.1) is 5.69 Å². The lowest BCUT2D eigenvalue weighted by Gasteiger charge is -2.07. The molecule has 1 aromatic rings. The first-order chi connectivity index (χ1) is 7.13. The second-order valence-corrected chi connectivity index (χ2v) is 4.80. The van der Waals surface area contributed by atoms with E-state index in [4.69, 9.17) is 0 Å². The molecule has 2 N–H and O–H groups in total. The number of rotatable bonds is 4. The predicted molar refractivity (Wildman–Crippen MR) is 69.0 cm³/mol. The highest BCUT2D eigenvalue weighted by Crippen LogP contribution is 2.26. The van der Waals surface area contributed by atoms with E-state index in [2.05, 4.69) is 42.5 Å². The van der Waals surface area contributed by atoms with E-state index >= 15 is 0 Å². The fourth-order valence-electron chi connectivity index (χ4n) is 1.04. The molecule has 0 radical (unpaired) electrons. The molecule has 3 nitrogen and oxygen atoms in total. The number of nitrogens with one attached hydrogen (secondary N) is 2. The van der Waals surface area contributed by atoms with E-state index in [1.165, 1.54) is 0 Å². The van der Waals surface area contributed by atoms with Gasteiger partial charge in [0, 0.05) is 21.9 Å². The molecule has 0 fully saturated rings. The van der Waals surface area contributed by atoms with Gasteiger partial charge < -0.3 is 10.6 Å². The Balaban J connectivity index is 2.60. The average Bonchev–Trinajstić information content (AvgIpc) is 2.19. The average molecular weight is 336 g/mol. The Labute approximate surface area is 106 Å². The minimum Gasteiger partial charge on any atom is -0.325 e.